The molecule has 0 spiro atoms. The Balaban J connectivity index is 1.81. The van der Waals surface area contributed by atoms with Gasteiger partial charge >= 0.3 is 0 Å². The van der Waals surface area contributed by atoms with Gasteiger partial charge in [0.25, 0.3) is 0 Å². The van der Waals surface area contributed by atoms with Gasteiger partial charge in [0.1, 0.15) is 11.5 Å². The first-order chi connectivity index (χ1) is 13.6. The lowest BCUT2D eigenvalue weighted by Gasteiger charge is -2.08. The van der Waals surface area contributed by atoms with Gasteiger partial charge in [-0.1, -0.05) is 50.1 Å². The van der Waals surface area contributed by atoms with Crippen molar-refractivity contribution in [2.75, 3.05) is 0 Å². The second-order valence-corrected chi connectivity index (χ2v) is 6.97. The molecule has 3 nitrogen and oxygen atoms in total. The van der Waals surface area contributed by atoms with E-state index in [1.165, 1.54) is 37.1 Å². The molecule has 0 atom stereocenters. The topological polar surface area (TPSA) is 51.8 Å². The first kappa shape index (κ1) is 19.7. The van der Waals surface area contributed by atoms with E-state index in [1.54, 1.807) is 6.08 Å². The quantitative estimate of drug-likeness (QED) is 0.522. The van der Waals surface area contributed by atoms with Crippen LogP contribution in [0.4, 0.5) is 4.39 Å². The van der Waals surface area contributed by atoms with Gasteiger partial charge in [-0.2, -0.15) is 0 Å². The average Bonchev–Trinajstić information content (AvgIpc) is 2.71. The van der Waals surface area contributed by atoms with E-state index in [2.05, 4.69) is 23.0 Å². The van der Waals surface area contributed by atoms with Crippen molar-refractivity contribution in [3.63, 3.8) is 0 Å². The number of nitrogens with two attached hydrogens (primary N) is 1. The van der Waals surface area contributed by atoms with E-state index in [4.69, 9.17) is 5.73 Å². The molecule has 3 rings (SSSR count). The van der Waals surface area contributed by atoms with E-state index in [0.29, 0.717) is 11.4 Å². The molecule has 0 aliphatic rings. The lowest BCUT2D eigenvalue weighted by atomic mass is 10.0. The molecular weight excluding hydrogens is 349 g/mol. The third kappa shape index (κ3) is 4.63. The number of hydrogen-bond acceptors (Lipinski definition) is 3. The molecule has 0 saturated carbocycles. The van der Waals surface area contributed by atoms with Crippen LogP contribution in [0.2, 0.25) is 0 Å². The van der Waals surface area contributed by atoms with Crippen LogP contribution >= 0.6 is 0 Å². The molecule has 2 heterocycles. The summed E-state index contributed by atoms with van der Waals surface area (Å²) >= 11 is 0. The molecule has 0 fully saturated rings. The third-order valence-corrected chi connectivity index (χ3v) is 4.81. The van der Waals surface area contributed by atoms with E-state index in [-0.39, 0.29) is 5.82 Å². The van der Waals surface area contributed by atoms with Crippen LogP contribution in [0.15, 0.2) is 54.9 Å². The highest BCUT2D eigenvalue weighted by Crippen LogP contribution is 2.26. The molecule has 1 aromatic carbocycles. The maximum Gasteiger partial charge on any atom is 0.149 e. The molecule has 3 aromatic rings. The number of aromatic nitrogens is 2. The molecule has 144 valence electrons. The monoisotopic (exact) mass is 375 g/mol. The number of halogens is 1. The molecular formula is C24H26FN3. The van der Waals surface area contributed by atoms with Gasteiger partial charge in [0, 0.05) is 17.3 Å². The van der Waals surface area contributed by atoms with Crippen molar-refractivity contribution in [1.29, 1.82) is 0 Å². The van der Waals surface area contributed by atoms with Gasteiger partial charge < -0.3 is 5.73 Å². The van der Waals surface area contributed by atoms with Crippen molar-refractivity contribution >= 4 is 6.08 Å². The highest BCUT2D eigenvalue weighted by molar-refractivity contribution is 5.68. The van der Waals surface area contributed by atoms with Crippen LogP contribution in [0.1, 0.15) is 43.0 Å². The molecule has 0 amide bonds. The van der Waals surface area contributed by atoms with Crippen molar-refractivity contribution in [3.8, 4) is 22.5 Å². The second kappa shape index (κ2) is 9.27. The van der Waals surface area contributed by atoms with Gasteiger partial charge in [0.2, 0.25) is 0 Å². The lowest BCUT2D eigenvalue weighted by Crippen LogP contribution is -1.96. The summed E-state index contributed by atoms with van der Waals surface area (Å²) in [6, 6.07) is 13.3. The number of pyridine rings is 2. The smallest absolute Gasteiger partial charge is 0.149 e. The Labute approximate surface area is 166 Å². The Hall–Kier alpha value is -3.01. The Kier molecular flexibility index (Phi) is 6.53. The first-order valence-corrected chi connectivity index (χ1v) is 9.73. The zero-order valence-corrected chi connectivity index (χ0v) is 16.5. The third-order valence-electron chi connectivity index (χ3n) is 4.81. The fourth-order valence-electron chi connectivity index (χ4n) is 3.18. The predicted octanol–water partition coefficient (Wildman–Crippen LogP) is 5.92. The van der Waals surface area contributed by atoms with Crippen LogP contribution in [0.3, 0.4) is 0 Å². The fraction of sp³-hybridized carbons (Fsp3) is 0.250. The minimum atomic E-state index is -0.339. The Morgan fingerprint density at radius 3 is 2.43 bits per heavy atom. The highest BCUT2D eigenvalue weighted by atomic mass is 19.1. The first-order valence-electron chi connectivity index (χ1n) is 9.73. The van der Waals surface area contributed by atoms with Crippen LogP contribution in [-0.2, 0) is 6.42 Å². The number of benzene rings is 1. The van der Waals surface area contributed by atoms with E-state index in [0.717, 1.165) is 28.8 Å². The Bertz CT molecular complexity index is 945. The number of aryl methyl sites for hydroxylation is 2. The molecule has 2 N–H and O–H groups in total. The SMILES string of the molecule is CCCCCc1ccc(-c2ccc(-c3nc(/C=C/N)c(C)cc3F)cc2)nc1. The van der Waals surface area contributed by atoms with Crippen LogP contribution in [0, 0.1) is 12.7 Å². The van der Waals surface area contributed by atoms with E-state index in [1.807, 2.05) is 43.5 Å². The van der Waals surface area contributed by atoms with Crippen molar-refractivity contribution < 1.29 is 4.39 Å². The van der Waals surface area contributed by atoms with E-state index >= 15 is 0 Å². The standard InChI is InChI=1S/C24H26FN3/c1-3-4-5-6-18-7-12-23(27-16-18)19-8-10-20(11-9-19)24-21(25)15-17(2)22(28-24)13-14-26/h7-16H,3-6,26H2,1-2H3/b14-13+. The normalized spacial score (nSPS) is 11.2. The molecule has 0 bridgehead atoms. The van der Waals surface area contributed by atoms with Crippen LogP contribution < -0.4 is 5.73 Å². The number of hydrogen-bond donors (Lipinski definition) is 1. The molecule has 0 aliphatic carbocycles. The summed E-state index contributed by atoms with van der Waals surface area (Å²) in [5, 5.41) is 0. The van der Waals surface area contributed by atoms with Crippen molar-refractivity contribution in [3.05, 3.63) is 77.5 Å². The molecule has 0 radical (unpaired) electrons. The lowest BCUT2D eigenvalue weighted by molar-refractivity contribution is 0.624. The summed E-state index contributed by atoms with van der Waals surface area (Å²) in [6.45, 7) is 4.02. The molecule has 0 saturated heterocycles. The summed E-state index contributed by atoms with van der Waals surface area (Å²) in [5.41, 5.74) is 11.1. The van der Waals surface area contributed by atoms with Gasteiger partial charge in [-0.05, 0) is 55.3 Å². The summed E-state index contributed by atoms with van der Waals surface area (Å²) in [5.74, 6) is -0.339. The predicted molar refractivity (Wildman–Crippen MR) is 114 cm³/mol. The minimum absolute atomic E-state index is 0.324. The van der Waals surface area contributed by atoms with Gasteiger partial charge in [-0.15, -0.1) is 0 Å². The Morgan fingerprint density at radius 2 is 1.79 bits per heavy atom. The summed E-state index contributed by atoms with van der Waals surface area (Å²) in [6.07, 6.45) is 9.77. The van der Waals surface area contributed by atoms with Gasteiger partial charge in [-0.3, -0.25) is 4.98 Å². The summed E-state index contributed by atoms with van der Waals surface area (Å²) in [4.78, 5) is 9.01. The van der Waals surface area contributed by atoms with E-state index < -0.39 is 0 Å². The van der Waals surface area contributed by atoms with Crippen molar-refractivity contribution in [2.24, 2.45) is 5.73 Å². The highest BCUT2D eigenvalue weighted by Gasteiger charge is 2.11. The summed E-state index contributed by atoms with van der Waals surface area (Å²) < 4.78 is 14.4. The average molecular weight is 375 g/mol. The second-order valence-electron chi connectivity index (χ2n) is 6.97. The molecule has 0 aliphatic heterocycles. The fourth-order valence-corrected chi connectivity index (χ4v) is 3.18. The molecule has 4 heteroatoms. The molecule has 28 heavy (non-hydrogen) atoms. The van der Waals surface area contributed by atoms with Crippen molar-refractivity contribution in [1.82, 2.24) is 9.97 Å². The molecule has 2 aromatic heterocycles. The van der Waals surface area contributed by atoms with E-state index in [9.17, 15) is 4.39 Å². The van der Waals surface area contributed by atoms with Crippen molar-refractivity contribution in [2.45, 2.75) is 39.5 Å². The molecule has 0 unspecified atom stereocenters. The zero-order valence-electron chi connectivity index (χ0n) is 16.5. The largest absolute Gasteiger partial charge is 0.405 e. The summed E-state index contributed by atoms with van der Waals surface area (Å²) in [7, 11) is 0. The maximum absolute atomic E-state index is 14.4. The minimum Gasteiger partial charge on any atom is -0.405 e. The van der Waals surface area contributed by atoms with Crippen LogP contribution in [0.5, 0.6) is 0 Å². The maximum atomic E-state index is 14.4. The zero-order chi connectivity index (χ0) is 19.9. The van der Waals surface area contributed by atoms with Crippen LogP contribution in [0.25, 0.3) is 28.6 Å². The van der Waals surface area contributed by atoms with Crippen LogP contribution in [-0.4, -0.2) is 9.97 Å². The van der Waals surface area contributed by atoms with Gasteiger partial charge in [0.15, 0.2) is 0 Å². The van der Waals surface area contributed by atoms with Gasteiger partial charge in [-0.25, -0.2) is 9.37 Å². The van der Waals surface area contributed by atoms with Gasteiger partial charge in [0.05, 0.1) is 11.4 Å². The Morgan fingerprint density at radius 1 is 1.04 bits per heavy atom. The number of nitrogens with zero attached hydrogens (tertiary/aromatic N) is 2. The number of rotatable bonds is 7. The number of unbranched alkanes of at least 4 members (excludes halogenated alkanes) is 2.